The Hall–Kier alpha value is -2.22. The summed E-state index contributed by atoms with van der Waals surface area (Å²) < 4.78 is 5.58. The highest BCUT2D eigenvalue weighted by molar-refractivity contribution is 6.01. The molecule has 23 heavy (non-hydrogen) atoms. The van der Waals surface area contributed by atoms with Crippen LogP contribution >= 0.6 is 0 Å². The van der Waals surface area contributed by atoms with Crippen LogP contribution in [-0.4, -0.2) is 64.5 Å². The predicted octanol–water partition coefficient (Wildman–Crippen LogP) is 0.175. The molecule has 3 rings (SSSR count). The summed E-state index contributed by atoms with van der Waals surface area (Å²) in [5.74, 6) is 0.516. The van der Waals surface area contributed by atoms with Crippen LogP contribution in [0.15, 0.2) is 6.33 Å². The van der Waals surface area contributed by atoms with Crippen molar-refractivity contribution in [3.63, 3.8) is 0 Å². The Balaban J connectivity index is 1.55. The lowest BCUT2D eigenvalue weighted by Crippen LogP contribution is -2.36. The average Bonchev–Trinajstić information content (AvgIpc) is 2.87. The van der Waals surface area contributed by atoms with Gasteiger partial charge in [-0.25, -0.2) is 14.8 Å². The second-order valence-electron chi connectivity index (χ2n) is 5.62. The molecule has 0 radical (unpaired) electrons. The van der Waals surface area contributed by atoms with E-state index in [4.69, 9.17) is 4.74 Å². The highest BCUT2D eigenvalue weighted by atomic mass is 16.5. The Bertz CT molecular complexity index is 591. The van der Waals surface area contributed by atoms with Gasteiger partial charge in [-0.2, -0.15) is 0 Å². The van der Waals surface area contributed by atoms with Crippen LogP contribution < -0.4 is 10.1 Å². The molecule has 8 heteroatoms. The minimum Gasteiger partial charge on any atom is -0.478 e. The largest absolute Gasteiger partial charge is 0.478 e. The van der Waals surface area contributed by atoms with Gasteiger partial charge in [-0.05, 0) is 13.3 Å². The van der Waals surface area contributed by atoms with Gasteiger partial charge in [0, 0.05) is 38.2 Å². The van der Waals surface area contributed by atoms with Crippen LogP contribution in [0.1, 0.15) is 24.6 Å². The number of nitrogens with zero attached hydrogens (tertiary/aromatic N) is 4. The maximum atomic E-state index is 11.5. The number of nitrogens with one attached hydrogen (secondary N) is 1. The number of aromatic nitrogens is 2. The zero-order valence-corrected chi connectivity index (χ0v) is 13.2. The van der Waals surface area contributed by atoms with E-state index >= 15 is 0 Å². The molecule has 0 atom stereocenters. The SMILES string of the molecule is CCOc1ncnc2c1CN(CCCN1C(=O)CNC1=O)CC2. The van der Waals surface area contributed by atoms with Crippen LogP contribution in [0.4, 0.5) is 4.79 Å². The molecule has 1 aromatic rings. The summed E-state index contributed by atoms with van der Waals surface area (Å²) in [5, 5.41) is 2.53. The molecule has 0 spiro atoms. The molecule has 1 saturated heterocycles. The van der Waals surface area contributed by atoms with Crippen molar-refractivity contribution in [1.82, 2.24) is 25.1 Å². The molecule has 2 aliphatic heterocycles. The van der Waals surface area contributed by atoms with E-state index in [0.29, 0.717) is 19.0 Å². The molecular weight excluding hydrogens is 298 g/mol. The van der Waals surface area contributed by atoms with Gasteiger partial charge in [0.15, 0.2) is 0 Å². The summed E-state index contributed by atoms with van der Waals surface area (Å²) in [7, 11) is 0. The van der Waals surface area contributed by atoms with Gasteiger partial charge < -0.3 is 10.1 Å². The highest BCUT2D eigenvalue weighted by Gasteiger charge is 2.28. The van der Waals surface area contributed by atoms with E-state index in [1.165, 1.54) is 4.90 Å². The van der Waals surface area contributed by atoms with E-state index in [-0.39, 0.29) is 18.5 Å². The third-order valence-electron chi connectivity index (χ3n) is 4.12. The molecule has 3 amide bonds. The monoisotopic (exact) mass is 319 g/mol. The van der Waals surface area contributed by atoms with Gasteiger partial charge in [0.25, 0.3) is 0 Å². The zero-order valence-electron chi connectivity index (χ0n) is 13.2. The Kier molecular flexibility index (Phi) is 4.71. The summed E-state index contributed by atoms with van der Waals surface area (Å²) in [4.78, 5) is 35.2. The lowest BCUT2D eigenvalue weighted by Gasteiger charge is -2.29. The summed E-state index contributed by atoms with van der Waals surface area (Å²) >= 11 is 0. The Morgan fingerprint density at radius 3 is 2.91 bits per heavy atom. The van der Waals surface area contributed by atoms with Crippen molar-refractivity contribution in [2.45, 2.75) is 26.3 Å². The van der Waals surface area contributed by atoms with Crippen molar-refractivity contribution in [2.75, 3.05) is 32.8 Å². The molecular formula is C15H21N5O3. The Morgan fingerprint density at radius 1 is 1.30 bits per heavy atom. The molecule has 124 valence electrons. The smallest absolute Gasteiger partial charge is 0.324 e. The maximum absolute atomic E-state index is 11.5. The van der Waals surface area contributed by atoms with Crippen molar-refractivity contribution in [3.8, 4) is 5.88 Å². The van der Waals surface area contributed by atoms with E-state index in [2.05, 4.69) is 20.2 Å². The summed E-state index contributed by atoms with van der Waals surface area (Å²) in [6, 6.07) is -0.286. The van der Waals surface area contributed by atoms with Gasteiger partial charge in [0.1, 0.15) is 6.33 Å². The topological polar surface area (TPSA) is 87.7 Å². The molecule has 0 unspecified atom stereocenters. The van der Waals surface area contributed by atoms with Crippen molar-refractivity contribution < 1.29 is 14.3 Å². The molecule has 0 aliphatic carbocycles. The standard InChI is InChI=1S/C15H21N5O3/c1-2-23-14-11-9-19(7-4-12(11)17-10-18-14)5-3-6-20-13(21)8-16-15(20)22/h10H,2-9H2,1H3,(H,16,22). The number of rotatable bonds is 6. The van der Waals surface area contributed by atoms with E-state index in [9.17, 15) is 9.59 Å². The van der Waals surface area contributed by atoms with Gasteiger partial charge in [0.05, 0.1) is 18.8 Å². The molecule has 0 bridgehead atoms. The number of carbonyl (C=O) groups excluding carboxylic acids is 2. The molecule has 1 N–H and O–H groups in total. The zero-order chi connectivity index (χ0) is 16.2. The average molecular weight is 319 g/mol. The van der Waals surface area contributed by atoms with Crippen LogP contribution in [0, 0.1) is 0 Å². The second kappa shape index (κ2) is 6.91. The van der Waals surface area contributed by atoms with Gasteiger partial charge >= 0.3 is 6.03 Å². The number of ether oxygens (including phenoxy) is 1. The lowest BCUT2D eigenvalue weighted by molar-refractivity contribution is -0.125. The minimum atomic E-state index is -0.286. The minimum absolute atomic E-state index is 0.116. The number of hydrogen-bond acceptors (Lipinski definition) is 6. The van der Waals surface area contributed by atoms with Crippen molar-refractivity contribution >= 4 is 11.9 Å². The van der Waals surface area contributed by atoms with E-state index in [1.54, 1.807) is 6.33 Å². The Labute approximate surface area is 134 Å². The quantitative estimate of drug-likeness (QED) is 0.752. The Morgan fingerprint density at radius 2 is 2.17 bits per heavy atom. The normalized spacial score (nSPS) is 18.0. The van der Waals surface area contributed by atoms with Crippen LogP contribution in [0.3, 0.4) is 0 Å². The number of fused-ring (bicyclic) bond motifs is 1. The van der Waals surface area contributed by atoms with Gasteiger partial charge in [-0.15, -0.1) is 0 Å². The summed E-state index contributed by atoms with van der Waals surface area (Å²) in [5.41, 5.74) is 2.10. The van der Waals surface area contributed by atoms with Gasteiger partial charge in [0.2, 0.25) is 11.8 Å². The third kappa shape index (κ3) is 3.42. The molecule has 0 aromatic carbocycles. The molecule has 3 heterocycles. The van der Waals surface area contributed by atoms with E-state index in [0.717, 1.165) is 43.7 Å². The van der Waals surface area contributed by atoms with E-state index < -0.39 is 0 Å². The fraction of sp³-hybridized carbons (Fsp3) is 0.600. The third-order valence-corrected chi connectivity index (χ3v) is 4.12. The number of urea groups is 1. The maximum Gasteiger partial charge on any atom is 0.324 e. The van der Waals surface area contributed by atoms with Crippen LogP contribution in [0.25, 0.3) is 0 Å². The van der Waals surface area contributed by atoms with Crippen LogP contribution in [-0.2, 0) is 17.8 Å². The predicted molar refractivity (Wildman–Crippen MR) is 81.9 cm³/mol. The highest BCUT2D eigenvalue weighted by Crippen LogP contribution is 2.24. The fourth-order valence-electron chi connectivity index (χ4n) is 2.96. The first-order valence-corrected chi connectivity index (χ1v) is 7.95. The first-order chi connectivity index (χ1) is 11.2. The molecule has 0 saturated carbocycles. The van der Waals surface area contributed by atoms with Crippen LogP contribution in [0.2, 0.25) is 0 Å². The lowest BCUT2D eigenvalue weighted by atomic mass is 10.1. The van der Waals surface area contributed by atoms with Crippen molar-refractivity contribution in [3.05, 3.63) is 17.6 Å². The van der Waals surface area contributed by atoms with E-state index in [1.807, 2.05) is 6.92 Å². The number of imide groups is 1. The number of hydrogen-bond donors (Lipinski definition) is 1. The van der Waals surface area contributed by atoms with Crippen molar-refractivity contribution in [2.24, 2.45) is 0 Å². The summed E-state index contributed by atoms with van der Waals surface area (Å²) in [6.07, 6.45) is 3.17. The van der Waals surface area contributed by atoms with Crippen LogP contribution in [0.5, 0.6) is 5.88 Å². The molecule has 8 nitrogen and oxygen atoms in total. The first-order valence-electron chi connectivity index (χ1n) is 7.95. The molecule has 1 aromatic heterocycles. The summed E-state index contributed by atoms with van der Waals surface area (Å²) in [6.45, 7) is 5.56. The molecule has 1 fully saturated rings. The molecule has 2 aliphatic rings. The first kappa shape index (κ1) is 15.7. The van der Waals surface area contributed by atoms with Crippen molar-refractivity contribution in [1.29, 1.82) is 0 Å². The van der Waals surface area contributed by atoms with Gasteiger partial charge in [-0.3, -0.25) is 14.6 Å². The fourth-order valence-corrected chi connectivity index (χ4v) is 2.96. The van der Waals surface area contributed by atoms with Gasteiger partial charge in [-0.1, -0.05) is 0 Å². The number of amides is 3. The number of carbonyl (C=O) groups is 2. The second-order valence-corrected chi connectivity index (χ2v) is 5.62.